The van der Waals surface area contributed by atoms with Gasteiger partial charge in [-0.3, -0.25) is 19.7 Å². The number of carbonyl (C=O) groups is 1. The predicted octanol–water partition coefficient (Wildman–Crippen LogP) is 3.06. The number of hydrogen-bond donors (Lipinski definition) is 0. The van der Waals surface area contributed by atoms with Gasteiger partial charge in [-0.05, 0) is 31.2 Å². The molecule has 1 aliphatic rings. The van der Waals surface area contributed by atoms with E-state index in [1.807, 2.05) is 23.1 Å². The van der Waals surface area contributed by atoms with Gasteiger partial charge in [-0.2, -0.15) is 9.78 Å². The van der Waals surface area contributed by atoms with E-state index in [-0.39, 0.29) is 16.6 Å². The van der Waals surface area contributed by atoms with Crippen LogP contribution in [0, 0.1) is 17.0 Å². The van der Waals surface area contributed by atoms with Gasteiger partial charge in [0.2, 0.25) is 0 Å². The van der Waals surface area contributed by atoms with Gasteiger partial charge in [-0.1, -0.05) is 29.8 Å². The van der Waals surface area contributed by atoms with Gasteiger partial charge in [-0.25, -0.2) is 0 Å². The number of piperazine rings is 1. The van der Waals surface area contributed by atoms with Crippen molar-refractivity contribution in [2.45, 2.75) is 6.92 Å². The average molecular weight is 454 g/mol. The topological polar surface area (TPSA) is 102 Å². The fraction of sp³-hybridized carbons (Fsp3) is 0.227. The van der Waals surface area contributed by atoms with Crippen molar-refractivity contribution in [3.05, 3.63) is 91.3 Å². The molecule has 10 heteroatoms. The Kier molecular flexibility index (Phi) is 5.91. The number of rotatable bonds is 4. The maximum atomic E-state index is 12.8. The first-order chi connectivity index (χ1) is 15.4. The number of nitrogens with zero attached hydrogens (tertiary/aromatic N) is 5. The first-order valence-electron chi connectivity index (χ1n) is 9.99. The predicted molar refractivity (Wildman–Crippen MR) is 121 cm³/mol. The van der Waals surface area contributed by atoms with E-state index in [1.165, 1.54) is 22.9 Å². The van der Waals surface area contributed by atoms with Crippen LogP contribution in [-0.2, 0) is 0 Å². The van der Waals surface area contributed by atoms with Crippen LogP contribution in [0.15, 0.2) is 59.5 Å². The molecule has 32 heavy (non-hydrogen) atoms. The average Bonchev–Trinajstić information content (AvgIpc) is 2.81. The van der Waals surface area contributed by atoms with Crippen LogP contribution >= 0.6 is 11.6 Å². The molecule has 1 aromatic heterocycles. The summed E-state index contributed by atoms with van der Waals surface area (Å²) in [7, 11) is 0. The molecule has 1 amide bonds. The standard InChI is InChI=1S/C22H20ClN5O4/c1-15-13-16(7-8-18(15)28(31)32)21(29)26-11-9-25(10-12-26)19-14-24-27(22(30)20(19)23)17-5-3-2-4-6-17/h2-8,13-14H,9-12H2,1H3. The van der Waals surface area contributed by atoms with Gasteiger partial charge in [0, 0.05) is 43.4 Å². The van der Waals surface area contributed by atoms with Crippen LogP contribution in [0.5, 0.6) is 0 Å². The largest absolute Gasteiger partial charge is 0.365 e. The fourth-order valence-electron chi connectivity index (χ4n) is 3.72. The number of hydrogen-bond acceptors (Lipinski definition) is 6. The van der Waals surface area contributed by atoms with Gasteiger partial charge in [0.25, 0.3) is 17.2 Å². The van der Waals surface area contributed by atoms with Crippen LogP contribution in [0.3, 0.4) is 0 Å². The van der Waals surface area contributed by atoms with Crippen molar-refractivity contribution in [1.29, 1.82) is 0 Å². The molecule has 164 valence electrons. The Labute approximate surface area is 188 Å². The van der Waals surface area contributed by atoms with E-state index < -0.39 is 10.5 Å². The minimum atomic E-state index is -0.467. The van der Waals surface area contributed by atoms with Gasteiger partial charge in [0.05, 0.1) is 22.5 Å². The molecule has 0 bridgehead atoms. The van der Waals surface area contributed by atoms with Crippen LogP contribution in [0.4, 0.5) is 11.4 Å². The molecule has 0 aliphatic carbocycles. The summed E-state index contributed by atoms with van der Waals surface area (Å²) in [5.74, 6) is -0.189. The van der Waals surface area contributed by atoms with Crippen LogP contribution < -0.4 is 10.5 Å². The zero-order valence-electron chi connectivity index (χ0n) is 17.3. The maximum absolute atomic E-state index is 12.8. The Bertz CT molecular complexity index is 1240. The molecule has 4 rings (SSSR count). The number of nitro benzene ring substituents is 1. The van der Waals surface area contributed by atoms with E-state index in [2.05, 4.69) is 5.10 Å². The number of halogens is 1. The number of carbonyl (C=O) groups excluding carboxylic acids is 1. The summed E-state index contributed by atoms with van der Waals surface area (Å²) in [6.45, 7) is 3.42. The van der Waals surface area contributed by atoms with E-state index in [1.54, 1.807) is 30.2 Å². The number of aryl methyl sites for hydroxylation is 1. The molecule has 1 aliphatic heterocycles. The van der Waals surface area contributed by atoms with Gasteiger partial charge in [-0.15, -0.1) is 0 Å². The fourth-order valence-corrected chi connectivity index (χ4v) is 3.97. The minimum Gasteiger partial charge on any atom is -0.365 e. The van der Waals surface area contributed by atoms with Crippen molar-refractivity contribution in [3.8, 4) is 5.69 Å². The first kappa shape index (κ1) is 21.5. The number of nitro groups is 1. The van der Waals surface area contributed by atoms with Crippen molar-refractivity contribution in [2.75, 3.05) is 31.1 Å². The number of para-hydroxylation sites is 1. The highest BCUT2D eigenvalue weighted by atomic mass is 35.5. The van der Waals surface area contributed by atoms with E-state index in [0.717, 1.165) is 0 Å². The molecule has 0 spiro atoms. The first-order valence-corrected chi connectivity index (χ1v) is 10.4. The molecule has 0 atom stereocenters. The Hall–Kier alpha value is -3.72. The molecule has 0 unspecified atom stereocenters. The summed E-state index contributed by atoms with van der Waals surface area (Å²) in [6.07, 6.45) is 1.56. The van der Waals surface area contributed by atoms with Crippen molar-refractivity contribution < 1.29 is 9.72 Å². The third-order valence-electron chi connectivity index (χ3n) is 5.45. The van der Waals surface area contributed by atoms with E-state index in [9.17, 15) is 19.7 Å². The Morgan fingerprint density at radius 3 is 2.41 bits per heavy atom. The molecule has 0 radical (unpaired) electrons. The van der Waals surface area contributed by atoms with Gasteiger partial charge >= 0.3 is 0 Å². The monoisotopic (exact) mass is 453 g/mol. The molecule has 0 saturated carbocycles. The lowest BCUT2D eigenvalue weighted by atomic mass is 10.1. The number of benzene rings is 2. The van der Waals surface area contributed by atoms with Crippen LogP contribution in [-0.4, -0.2) is 51.7 Å². The Morgan fingerprint density at radius 2 is 1.78 bits per heavy atom. The number of amides is 1. The van der Waals surface area contributed by atoms with Crippen molar-refractivity contribution in [1.82, 2.24) is 14.7 Å². The number of anilines is 1. The minimum absolute atomic E-state index is 0.0150. The van der Waals surface area contributed by atoms with Crippen LogP contribution in [0.25, 0.3) is 5.69 Å². The summed E-state index contributed by atoms with van der Waals surface area (Å²) in [5.41, 5.74) is 1.58. The maximum Gasteiger partial charge on any atom is 0.292 e. The van der Waals surface area contributed by atoms with Gasteiger partial charge in [0.15, 0.2) is 0 Å². The molecule has 0 N–H and O–H groups in total. The van der Waals surface area contributed by atoms with Crippen LogP contribution in [0.2, 0.25) is 5.02 Å². The summed E-state index contributed by atoms with van der Waals surface area (Å²) < 4.78 is 1.25. The summed E-state index contributed by atoms with van der Waals surface area (Å²) in [5, 5.41) is 15.3. The lowest BCUT2D eigenvalue weighted by Gasteiger charge is -2.36. The smallest absolute Gasteiger partial charge is 0.292 e. The molecular weight excluding hydrogens is 434 g/mol. The SMILES string of the molecule is Cc1cc(C(=O)N2CCN(c3cnn(-c4ccccc4)c(=O)c3Cl)CC2)ccc1[N+](=O)[O-]. The Balaban J connectivity index is 1.48. The lowest BCUT2D eigenvalue weighted by Crippen LogP contribution is -2.49. The second-order valence-electron chi connectivity index (χ2n) is 7.43. The zero-order chi connectivity index (χ0) is 22.8. The third kappa shape index (κ3) is 4.06. The van der Waals surface area contributed by atoms with Crippen molar-refractivity contribution >= 4 is 28.9 Å². The van der Waals surface area contributed by atoms with Crippen molar-refractivity contribution in [3.63, 3.8) is 0 Å². The van der Waals surface area contributed by atoms with Gasteiger partial charge < -0.3 is 9.80 Å². The molecule has 1 fully saturated rings. The van der Waals surface area contributed by atoms with E-state index in [4.69, 9.17) is 11.6 Å². The summed E-state index contributed by atoms with van der Waals surface area (Å²) in [4.78, 5) is 39.7. The third-order valence-corrected chi connectivity index (χ3v) is 5.80. The summed E-state index contributed by atoms with van der Waals surface area (Å²) in [6, 6.07) is 13.4. The molecular formula is C22H20ClN5O4. The number of aromatic nitrogens is 2. The van der Waals surface area contributed by atoms with Crippen molar-refractivity contribution in [2.24, 2.45) is 0 Å². The zero-order valence-corrected chi connectivity index (χ0v) is 18.0. The molecule has 1 saturated heterocycles. The highest BCUT2D eigenvalue weighted by Crippen LogP contribution is 2.24. The van der Waals surface area contributed by atoms with E-state index >= 15 is 0 Å². The lowest BCUT2D eigenvalue weighted by molar-refractivity contribution is -0.385. The highest BCUT2D eigenvalue weighted by Gasteiger charge is 2.25. The van der Waals surface area contributed by atoms with Crippen LogP contribution in [0.1, 0.15) is 15.9 Å². The normalized spacial score (nSPS) is 13.8. The quantitative estimate of drug-likeness (QED) is 0.444. The van der Waals surface area contributed by atoms with Gasteiger partial charge in [0.1, 0.15) is 5.02 Å². The molecule has 9 nitrogen and oxygen atoms in total. The molecule has 2 aromatic carbocycles. The van der Waals surface area contributed by atoms with E-state index in [0.29, 0.717) is 48.7 Å². The molecule has 3 aromatic rings. The molecule has 2 heterocycles. The second-order valence-corrected chi connectivity index (χ2v) is 7.81. The Morgan fingerprint density at radius 1 is 1.09 bits per heavy atom. The summed E-state index contributed by atoms with van der Waals surface area (Å²) >= 11 is 6.38. The second kappa shape index (κ2) is 8.80. The highest BCUT2D eigenvalue weighted by molar-refractivity contribution is 6.33.